The number of rotatable bonds is 3. The predicted molar refractivity (Wildman–Crippen MR) is 37.7 cm³/mol. The van der Waals surface area contributed by atoms with E-state index < -0.39 is 5.97 Å². The summed E-state index contributed by atoms with van der Waals surface area (Å²) in [6.07, 6.45) is 4.12. The first-order valence-corrected chi connectivity index (χ1v) is 3.07. The summed E-state index contributed by atoms with van der Waals surface area (Å²) in [5, 5.41) is 8.03. The van der Waals surface area contributed by atoms with Gasteiger partial charge in [-0.2, -0.15) is 0 Å². The van der Waals surface area contributed by atoms with E-state index in [2.05, 4.69) is 4.74 Å². The number of esters is 1. The lowest BCUT2D eigenvalue weighted by Gasteiger charge is -1.88. The van der Waals surface area contributed by atoms with Gasteiger partial charge in [0.2, 0.25) is 0 Å². The van der Waals surface area contributed by atoms with Crippen molar-refractivity contribution in [2.75, 3.05) is 5.88 Å². The van der Waals surface area contributed by atoms with Crippen molar-refractivity contribution in [3.8, 4) is 0 Å². The van der Waals surface area contributed by atoms with Crippen LogP contribution in [0.3, 0.4) is 0 Å². The van der Waals surface area contributed by atoms with Crippen molar-refractivity contribution in [3.63, 3.8) is 0 Å². The molecule has 0 aliphatic carbocycles. The minimum Gasteiger partial charge on any atom is -0.512 e. The first-order valence-electron chi connectivity index (χ1n) is 2.53. The molecule has 0 fully saturated rings. The van der Waals surface area contributed by atoms with Crippen LogP contribution in [0, 0.1) is 0 Å². The molecule has 0 atom stereocenters. The van der Waals surface area contributed by atoms with Gasteiger partial charge in [-0.15, -0.1) is 11.6 Å². The lowest BCUT2D eigenvalue weighted by molar-refractivity contribution is -0.132. The van der Waals surface area contributed by atoms with Crippen molar-refractivity contribution in [2.45, 2.75) is 0 Å². The molecular formula is C6H7ClO3. The highest BCUT2D eigenvalue weighted by Gasteiger charge is 1.89. The summed E-state index contributed by atoms with van der Waals surface area (Å²) in [5.41, 5.74) is 0. The largest absolute Gasteiger partial charge is 0.512 e. The maximum atomic E-state index is 10.4. The van der Waals surface area contributed by atoms with Crippen molar-refractivity contribution in [1.82, 2.24) is 0 Å². The number of hydrogen-bond acceptors (Lipinski definition) is 3. The minimum atomic E-state index is -0.564. The average molecular weight is 163 g/mol. The molecule has 0 saturated heterocycles. The number of ether oxygens (including phenoxy) is 1. The Labute approximate surface area is 63.6 Å². The molecule has 0 aliphatic heterocycles. The molecule has 0 bridgehead atoms. The fraction of sp³-hybridized carbons (Fsp3) is 0.167. The maximum Gasteiger partial charge on any atom is 0.335 e. The highest BCUT2D eigenvalue weighted by molar-refractivity contribution is 6.19. The lowest BCUT2D eigenvalue weighted by Crippen LogP contribution is -1.92. The van der Waals surface area contributed by atoms with Gasteiger partial charge in [0, 0.05) is 12.0 Å². The summed E-state index contributed by atoms with van der Waals surface area (Å²) < 4.78 is 4.28. The normalized spacial score (nSPS) is 10.9. The Bertz CT molecular complexity index is 151. The summed E-state index contributed by atoms with van der Waals surface area (Å²) >= 11 is 5.22. The summed E-state index contributed by atoms with van der Waals surface area (Å²) in [6.45, 7) is 0. The molecule has 0 radical (unpaired) electrons. The van der Waals surface area contributed by atoms with Crippen molar-refractivity contribution in [1.29, 1.82) is 0 Å². The van der Waals surface area contributed by atoms with E-state index in [-0.39, 0.29) is 5.88 Å². The molecule has 1 N–H and O–H groups in total. The van der Waals surface area contributed by atoms with Gasteiger partial charge >= 0.3 is 5.97 Å². The highest BCUT2D eigenvalue weighted by Crippen LogP contribution is 1.83. The topological polar surface area (TPSA) is 46.5 Å². The average Bonchev–Trinajstić information content (AvgIpc) is 1.97. The molecule has 10 heavy (non-hydrogen) atoms. The van der Waals surface area contributed by atoms with E-state index in [4.69, 9.17) is 16.7 Å². The van der Waals surface area contributed by atoms with Crippen molar-refractivity contribution >= 4 is 17.6 Å². The van der Waals surface area contributed by atoms with Gasteiger partial charge in [-0.3, -0.25) is 0 Å². The van der Waals surface area contributed by atoms with Crippen LogP contribution in [0.15, 0.2) is 24.7 Å². The van der Waals surface area contributed by atoms with Crippen LogP contribution >= 0.6 is 11.6 Å². The molecule has 0 spiro atoms. The number of carbonyl (C=O) groups excluding carboxylic acids is 1. The van der Waals surface area contributed by atoms with E-state index in [1.54, 1.807) is 0 Å². The van der Waals surface area contributed by atoms with Crippen LogP contribution in [-0.2, 0) is 9.53 Å². The lowest BCUT2D eigenvalue weighted by atomic mass is 10.5. The molecule has 0 aromatic rings. The van der Waals surface area contributed by atoms with Gasteiger partial charge in [0.15, 0.2) is 0 Å². The molecule has 56 valence electrons. The van der Waals surface area contributed by atoms with Gasteiger partial charge in [0.25, 0.3) is 0 Å². The van der Waals surface area contributed by atoms with Crippen LogP contribution in [0.1, 0.15) is 0 Å². The third-order valence-electron chi connectivity index (χ3n) is 0.588. The van der Waals surface area contributed by atoms with E-state index in [1.807, 2.05) is 0 Å². The minimum absolute atomic E-state index is 0.262. The Morgan fingerprint density at radius 3 is 2.90 bits per heavy atom. The first kappa shape index (κ1) is 9.04. The van der Waals surface area contributed by atoms with E-state index in [0.717, 1.165) is 6.26 Å². The van der Waals surface area contributed by atoms with E-state index in [1.165, 1.54) is 12.2 Å². The highest BCUT2D eigenvalue weighted by atomic mass is 35.5. The third kappa shape index (κ3) is 5.18. The SMILES string of the molecule is O=C(C=CCCl)OC=CO. The predicted octanol–water partition coefficient (Wildman–Crippen LogP) is 1.35. The fourth-order valence-electron chi connectivity index (χ4n) is 0.278. The smallest absolute Gasteiger partial charge is 0.335 e. The van der Waals surface area contributed by atoms with Gasteiger partial charge in [0.1, 0.15) is 12.5 Å². The Balaban J connectivity index is 3.53. The fourth-order valence-corrected chi connectivity index (χ4v) is 0.367. The van der Waals surface area contributed by atoms with Crippen LogP contribution in [-0.4, -0.2) is 17.0 Å². The molecule has 0 saturated carbocycles. The molecule has 0 unspecified atom stereocenters. The molecular weight excluding hydrogens is 156 g/mol. The Morgan fingerprint density at radius 1 is 1.70 bits per heavy atom. The zero-order valence-electron chi connectivity index (χ0n) is 5.16. The summed E-state index contributed by atoms with van der Waals surface area (Å²) in [7, 11) is 0. The molecule has 0 heterocycles. The standard InChI is InChI=1S/C6H7ClO3/c7-3-1-2-6(9)10-5-4-8/h1-2,4-5,8H,3H2. The third-order valence-corrected chi connectivity index (χ3v) is 0.766. The quantitative estimate of drug-likeness (QED) is 0.295. The number of carbonyl (C=O) groups is 1. The van der Waals surface area contributed by atoms with Gasteiger partial charge in [-0.1, -0.05) is 6.08 Å². The molecule has 0 amide bonds. The second kappa shape index (κ2) is 6.16. The maximum absolute atomic E-state index is 10.4. The van der Waals surface area contributed by atoms with Crippen LogP contribution < -0.4 is 0 Å². The molecule has 0 aromatic heterocycles. The van der Waals surface area contributed by atoms with E-state index >= 15 is 0 Å². The molecule has 0 rings (SSSR count). The second-order valence-electron chi connectivity index (χ2n) is 1.28. The van der Waals surface area contributed by atoms with Crippen LogP contribution in [0.2, 0.25) is 0 Å². The van der Waals surface area contributed by atoms with Crippen molar-refractivity contribution in [2.24, 2.45) is 0 Å². The second-order valence-corrected chi connectivity index (χ2v) is 1.59. The number of aliphatic hydroxyl groups is 1. The van der Waals surface area contributed by atoms with Crippen molar-refractivity contribution in [3.05, 3.63) is 24.7 Å². The van der Waals surface area contributed by atoms with E-state index in [0.29, 0.717) is 6.26 Å². The summed E-state index contributed by atoms with van der Waals surface area (Å²) in [4.78, 5) is 10.4. The zero-order valence-corrected chi connectivity index (χ0v) is 5.91. The molecule has 0 aliphatic rings. The van der Waals surface area contributed by atoms with Gasteiger partial charge in [-0.25, -0.2) is 4.79 Å². The van der Waals surface area contributed by atoms with Crippen LogP contribution in [0.5, 0.6) is 0 Å². The molecule has 3 nitrogen and oxygen atoms in total. The number of aliphatic hydroxyl groups excluding tert-OH is 1. The number of allylic oxidation sites excluding steroid dienone is 1. The molecule has 0 aromatic carbocycles. The van der Waals surface area contributed by atoms with E-state index in [9.17, 15) is 4.79 Å². The van der Waals surface area contributed by atoms with Gasteiger partial charge < -0.3 is 9.84 Å². The number of alkyl halides is 1. The Hall–Kier alpha value is -0.960. The zero-order chi connectivity index (χ0) is 7.82. The Morgan fingerprint density at radius 2 is 2.40 bits per heavy atom. The van der Waals surface area contributed by atoms with Crippen LogP contribution in [0.25, 0.3) is 0 Å². The summed E-state index contributed by atoms with van der Waals surface area (Å²) in [6, 6.07) is 0. The number of hydrogen-bond donors (Lipinski definition) is 1. The summed E-state index contributed by atoms with van der Waals surface area (Å²) in [5.74, 6) is -0.302. The van der Waals surface area contributed by atoms with Crippen LogP contribution in [0.4, 0.5) is 0 Å². The first-order chi connectivity index (χ1) is 4.81. The number of halogens is 1. The Kier molecular flexibility index (Phi) is 5.57. The van der Waals surface area contributed by atoms with Gasteiger partial charge in [0.05, 0.1) is 0 Å². The van der Waals surface area contributed by atoms with Crippen molar-refractivity contribution < 1.29 is 14.6 Å². The monoisotopic (exact) mass is 162 g/mol. The van der Waals surface area contributed by atoms with Gasteiger partial charge in [-0.05, 0) is 0 Å². The molecule has 4 heteroatoms.